The molecule has 4 aromatic rings. The molecule has 1 N–H and O–H groups in total. The number of furan rings is 1. The standard InChI is InChI=1S/C22H15BrCl3N3O3/c23-14-2-5-16(6-3-14)31-12-17-7-8-20(32-17)22(30)27-21-19(26)11-29(28-21)10-13-1-4-15(24)9-18(13)25/h1-9,11H,10,12H2,(H,27,28,30). The zero-order valence-corrected chi connectivity index (χ0v) is 20.2. The quantitative estimate of drug-likeness (QED) is 0.265. The summed E-state index contributed by atoms with van der Waals surface area (Å²) in [5.41, 5.74) is 0.814. The SMILES string of the molecule is O=C(Nc1nn(Cc2ccc(Cl)cc2Cl)cc1Cl)c1ccc(COc2ccc(Br)cc2)o1. The summed E-state index contributed by atoms with van der Waals surface area (Å²) in [4.78, 5) is 12.6. The lowest BCUT2D eigenvalue weighted by Gasteiger charge is -2.05. The number of nitrogens with zero attached hydrogens (tertiary/aromatic N) is 2. The van der Waals surface area contributed by atoms with E-state index in [-0.39, 0.29) is 23.2 Å². The molecule has 4 rings (SSSR count). The molecule has 2 aromatic heterocycles. The number of nitrogens with one attached hydrogen (secondary N) is 1. The van der Waals surface area contributed by atoms with E-state index in [1.165, 1.54) is 0 Å². The van der Waals surface area contributed by atoms with Crippen LogP contribution in [0.15, 0.2) is 69.7 Å². The molecule has 1 amide bonds. The smallest absolute Gasteiger partial charge is 0.292 e. The predicted octanol–water partition coefficient (Wildman–Crippen LogP) is 7.08. The van der Waals surface area contributed by atoms with Crippen molar-refractivity contribution in [2.24, 2.45) is 0 Å². The number of carbonyl (C=O) groups is 1. The van der Waals surface area contributed by atoms with Gasteiger partial charge in [0.25, 0.3) is 5.91 Å². The fourth-order valence-electron chi connectivity index (χ4n) is 2.82. The lowest BCUT2D eigenvalue weighted by molar-refractivity contribution is 0.0992. The first-order valence-electron chi connectivity index (χ1n) is 9.33. The highest BCUT2D eigenvalue weighted by Gasteiger charge is 2.16. The van der Waals surface area contributed by atoms with Crippen LogP contribution in [0.25, 0.3) is 0 Å². The largest absolute Gasteiger partial charge is 0.486 e. The van der Waals surface area contributed by atoms with E-state index in [2.05, 4.69) is 26.3 Å². The van der Waals surface area contributed by atoms with Gasteiger partial charge in [-0.1, -0.05) is 56.8 Å². The summed E-state index contributed by atoms with van der Waals surface area (Å²) in [5.74, 6) is 1.05. The van der Waals surface area contributed by atoms with Gasteiger partial charge in [0.1, 0.15) is 23.1 Å². The monoisotopic (exact) mass is 553 g/mol. The van der Waals surface area contributed by atoms with E-state index in [1.807, 2.05) is 24.3 Å². The molecule has 10 heteroatoms. The molecule has 0 radical (unpaired) electrons. The molecule has 32 heavy (non-hydrogen) atoms. The summed E-state index contributed by atoms with van der Waals surface area (Å²) < 4.78 is 13.8. The van der Waals surface area contributed by atoms with Crippen LogP contribution in [-0.4, -0.2) is 15.7 Å². The normalized spacial score (nSPS) is 10.9. The second-order valence-corrected chi connectivity index (χ2v) is 8.89. The number of benzene rings is 2. The van der Waals surface area contributed by atoms with Gasteiger partial charge in [-0.25, -0.2) is 0 Å². The molecule has 0 atom stereocenters. The van der Waals surface area contributed by atoms with Crippen molar-refractivity contribution < 1.29 is 13.9 Å². The van der Waals surface area contributed by atoms with E-state index in [1.54, 1.807) is 41.2 Å². The molecule has 0 unspecified atom stereocenters. The minimum atomic E-state index is -0.475. The van der Waals surface area contributed by atoms with Gasteiger partial charge in [-0.05, 0) is 54.1 Å². The maximum absolute atomic E-state index is 12.6. The number of aromatic nitrogens is 2. The second kappa shape index (κ2) is 10.0. The van der Waals surface area contributed by atoms with Gasteiger partial charge < -0.3 is 14.5 Å². The molecule has 0 saturated carbocycles. The molecule has 0 fully saturated rings. The minimum Gasteiger partial charge on any atom is -0.486 e. The molecule has 2 aromatic carbocycles. The molecular weight excluding hydrogens is 541 g/mol. The number of amides is 1. The zero-order valence-electron chi connectivity index (χ0n) is 16.3. The Morgan fingerprint density at radius 3 is 2.59 bits per heavy atom. The van der Waals surface area contributed by atoms with Crippen molar-refractivity contribution in [1.82, 2.24) is 9.78 Å². The zero-order chi connectivity index (χ0) is 22.7. The van der Waals surface area contributed by atoms with Crippen molar-refractivity contribution in [3.8, 4) is 5.75 Å². The van der Waals surface area contributed by atoms with E-state index in [0.29, 0.717) is 28.1 Å². The van der Waals surface area contributed by atoms with Gasteiger partial charge in [-0.3, -0.25) is 9.48 Å². The number of rotatable bonds is 7. The van der Waals surface area contributed by atoms with Crippen LogP contribution in [0.1, 0.15) is 21.9 Å². The summed E-state index contributed by atoms with van der Waals surface area (Å²) in [6, 6.07) is 15.9. The minimum absolute atomic E-state index is 0.116. The number of carbonyl (C=O) groups excluding carboxylic acids is 1. The third kappa shape index (κ3) is 5.66. The fourth-order valence-corrected chi connectivity index (χ4v) is 3.75. The van der Waals surface area contributed by atoms with Gasteiger partial charge in [0, 0.05) is 20.7 Å². The average Bonchev–Trinajstić information content (AvgIpc) is 3.36. The molecule has 164 valence electrons. The number of hydrogen-bond donors (Lipinski definition) is 1. The highest BCUT2D eigenvalue weighted by molar-refractivity contribution is 9.10. The van der Waals surface area contributed by atoms with Crippen LogP contribution in [0, 0.1) is 0 Å². The Kier molecular flexibility index (Phi) is 7.10. The van der Waals surface area contributed by atoms with E-state index < -0.39 is 5.91 Å². The predicted molar refractivity (Wildman–Crippen MR) is 128 cm³/mol. The second-order valence-electron chi connectivity index (χ2n) is 6.72. The number of halogens is 4. The third-order valence-corrected chi connectivity index (χ3v) is 5.77. The maximum Gasteiger partial charge on any atom is 0.292 e. The summed E-state index contributed by atoms with van der Waals surface area (Å²) in [5, 5.41) is 8.32. The van der Waals surface area contributed by atoms with Crippen LogP contribution in [0.5, 0.6) is 5.75 Å². The van der Waals surface area contributed by atoms with Gasteiger partial charge >= 0.3 is 0 Å². The molecular formula is C22H15BrCl3N3O3. The van der Waals surface area contributed by atoms with E-state index in [4.69, 9.17) is 44.0 Å². The highest BCUT2D eigenvalue weighted by atomic mass is 79.9. The van der Waals surface area contributed by atoms with E-state index in [0.717, 1.165) is 10.0 Å². The molecule has 0 aliphatic rings. The number of hydrogen-bond acceptors (Lipinski definition) is 4. The highest BCUT2D eigenvalue weighted by Crippen LogP contribution is 2.25. The molecule has 0 aliphatic carbocycles. The Hall–Kier alpha value is -2.45. The van der Waals surface area contributed by atoms with Gasteiger partial charge in [-0.2, -0.15) is 5.10 Å². The third-order valence-electron chi connectivity index (χ3n) is 4.38. The Bertz CT molecular complexity index is 1260. The first-order valence-corrected chi connectivity index (χ1v) is 11.3. The Labute approximate surface area is 207 Å². The number of anilines is 1. The van der Waals surface area contributed by atoms with Crippen molar-refractivity contribution >= 4 is 62.5 Å². The Balaban J connectivity index is 1.38. The van der Waals surface area contributed by atoms with Crippen molar-refractivity contribution in [3.63, 3.8) is 0 Å². The molecule has 2 heterocycles. The van der Waals surface area contributed by atoms with Gasteiger partial charge in [0.2, 0.25) is 0 Å². The lowest BCUT2D eigenvalue weighted by atomic mass is 10.2. The molecule has 0 aliphatic heterocycles. The Morgan fingerprint density at radius 1 is 1.06 bits per heavy atom. The number of ether oxygens (including phenoxy) is 1. The summed E-state index contributed by atoms with van der Waals surface area (Å²) >= 11 is 21.7. The van der Waals surface area contributed by atoms with Gasteiger partial charge in [0.15, 0.2) is 11.6 Å². The van der Waals surface area contributed by atoms with Crippen molar-refractivity contribution in [1.29, 1.82) is 0 Å². The molecule has 0 spiro atoms. The van der Waals surface area contributed by atoms with Crippen LogP contribution in [-0.2, 0) is 13.2 Å². The van der Waals surface area contributed by atoms with Crippen molar-refractivity contribution in [2.45, 2.75) is 13.2 Å². The summed E-state index contributed by atoms with van der Waals surface area (Å²) in [7, 11) is 0. The van der Waals surface area contributed by atoms with E-state index in [9.17, 15) is 4.79 Å². The summed E-state index contributed by atoms with van der Waals surface area (Å²) in [6.07, 6.45) is 1.60. The molecule has 6 nitrogen and oxygen atoms in total. The Morgan fingerprint density at radius 2 is 1.84 bits per heavy atom. The topological polar surface area (TPSA) is 69.3 Å². The lowest BCUT2D eigenvalue weighted by Crippen LogP contribution is -2.12. The van der Waals surface area contributed by atoms with E-state index >= 15 is 0 Å². The van der Waals surface area contributed by atoms with Crippen LogP contribution >= 0.6 is 50.7 Å². The van der Waals surface area contributed by atoms with Crippen LogP contribution in [0.4, 0.5) is 5.82 Å². The summed E-state index contributed by atoms with van der Waals surface area (Å²) in [6.45, 7) is 0.552. The van der Waals surface area contributed by atoms with Crippen molar-refractivity contribution in [3.05, 3.63) is 97.4 Å². The van der Waals surface area contributed by atoms with Gasteiger partial charge in [-0.15, -0.1) is 0 Å². The molecule has 0 bridgehead atoms. The van der Waals surface area contributed by atoms with Crippen LogP contribution in [0.2, 0.25) is 15.1 Å². The fraction of sp³-hybridized carbons (Fsp3) is 0.0909. The van der Waals surface area contributed by atoms with Crippen LogP contribution in [0.3, 0.4) is 0 Å². The van der Waals surface area contributed by atoms with Gasteiger partial charge in [0.05, 0.1) is 6.54 Å². The average molecular weight is 556 g/mol. The van der Waals surface area contributed by atoms with Crippen LogP contribution < -0.4 is 10.1 Å². The molecule has 0 saturated heterocycles. The van der Waals surface area contributed by atoms with Crippen molar-refractivity contribution in [2.75, 3.05) is 5.32 Å². The first kappa shape index (κ1) is 22.7. The maximum atomic E-state index is 12.6. The first-order chi connectivity index (χ1) is 15.4.